The summed E-state index contributed by atoms with van der Waals surface area (Å²) in [4.78, 5) is 0. The van der Waals surface area contributed by atoms with E-state index in [0.717, 1.165) is 12.8 Å². The first-order chi connectivity index (χ1) is 7.80. The van der Waals surface area contributed by atoms with Crippen LogP contribution in [0.1, 0.15) is 37.7 Å². The van der Waals surface area contributed by atoms with Crippen molar-refractivity contribution >= 4 is 21.4 Å². The molecule has 1 saturated carbocycles. The predicted molar refractivity (Wildman–Crippen MR) is 70.8 cm³/mol. The maximum absolute atomic E-state index is 6.60. The minimum absolute atomic E-state index is 0.0577. The number of thiophene rings is 1. The van der Waals surface area contributed by atoms with E-state index in [1.807, 2.05) is 11.3 Å². The van der Waals surface area contributed by atoms with Crippen LogP contribution in [0.3, 0.4) is 0 Å². The normalized spacial score (nSPS) is 20.1. The van der Waals surface area contributed by atoms with Gasteiger partial charge in [-0.25, -0.2) is 0 Å². The fourth-order valence-electron chi connectivity index (χ4n) is 2.82. The molecule has 0 amide bonds. The number of benzene rings is 1. The molecule has 0 aliphatic heterocycles. The van der Waals surface area contributed by atoms with Crippen molar-refractivity contribution in [3.63, 3.8) is 0 Å². The fraction of sp³-hybridized carbons (Fsp3) is 0.429. The van der Waals surface area contributed by atoms with Gasteiger partial charge < -0.3 is 5.73 Å². The van der Waals surface area contributed by atoms with Gasteiger partial charge in [-0.2, -0.15) is 0 Å². The molecule has 3 rings (SSSR count). The molecule has 1 aliphatic carbocycles. The lowest BCUT2D eigenvalue weighted by Crippen LogP contribution is -2.38. The Kier molecular flexibility index (Phi) is 2.49. The zero-order valence-corrected chi connectivity index (χ0v) is 10.2. The largest absolute Gasteiger partial charge is 0.321 e. The van der Waals surface area contributed by atoms with E-state index in [2.05, 4.69) is 29.6 Å². The standard InChI is InChI=1S/C14H17NS/c15-14(8-4-1-5-9-14)12-10-16-13-7-3-2-6-11(12)13/h2-3,6-7,10H,1,4-5,8-9,15H2. The van der Waals surface area contributed by atoms with E-state index >= 15 is 0 Å². The summed E-state index contributed by atoms with van der Waals surface area (Å²) in [6.07, 6.45) is 6.20. The van der Waals surface area contributed by atoms with Crippen molar-refractivity contribution in [3.8, 4) is 0 Å². The molecule has 2 heteroatoms. The van der Waals surface area contributed by atoms with Gasteiger partial charge in [0.25, 0.3) is 0 Å². The molecule has 1 aliphatic rings. The monoisotopic (exact) mass is 231 g/mol. The summed E-state index contributed by atoms with van der Waals surface area (Å²) in [5.41, 5.74) is 7.92. The molecule has 0 radical (unpaired) electrons. The Labute approximate surface area is 100 Å². The summed E-state index contributed by atoms with van der Waals surface area (Å²) in [6, 6.07) is 8.62. The Bertz CT molecular complexity index is 494. The van der Waals surface area contributed by atoms with Crippen LogP contribution in [-0.2, 0) is 5.54 Å². The van der Waals surface area contributed by atoms with Gasteiger partial charge in [0.2, 0.25) is 0 Å². The minimum atomic E-state index is -0.0577. The highest BCUT2D eigenvalue weighted by Crippen LogP contribution is 2.40. The molecule has 0 unspecified atom stereocenters. The Morgan fingerprint density at radius 1 is 1.06 bits per heavy atom. The molecular weight excluding hydrogens is 214 g/mol. The third-order valence-electron chi connectivity index (χ3n) is 3.76. The molecule has 0 bridgehead atoms. The van der Waals surface area contributed by atoms with E-state index in [1.54, 1.807) is 0 Å². The van der Waals surface area contributed by atoms with E-state index < -0.39 is 0 Å². The van der Waals surface area contributed by atoms with Gasteiger partial charge >= 0.3 is 0 Å². The summed E-state index contributed by atoms with van der Waals surface area (Å²) < 4.78 is 1.37. The SMILES string of the molecule is NC1(c2csc3ccccc23)CCCCC1. The first kappa shape index (κ1) is 10.3. The summed E-state index contributed by atoms with van der Waals surface area (Å²) >= 11 is 1.83. The molecular formula is C14H17NS. The van der Waals surface area contributed by atoms with Gasteiger partial charge in [-0.05, 0) is 35.2 Å². The quantitative estimate of drug-likeness (QED) is 0.788. The average Bonchev–Trinajstić information content (AvgIpc) is 2.74. The topological polar surface area (TPSA) is 26.0 Å². The summed E-state index contributed by atoms with van der Waals surface area (Å²) in [5.74, 6) is 0. The summed E-state index contributed by atoms with van der Waals surface area (Å²) in [5, 5.41) is 3.65. The molecule has 0 saturated heterocycles. The third kappa shape index (κ3) is 1.57. The van der Waals surface area contributed by atoms with Gasteiger partial charge in [-0.15, -0.1) is 11.3 Å². The van der Waals surface area contributed by atoms with Crippen molar-refractivity contribution in [2.45, 2.75) is 37.6 Å². The van der Waals surface area contributed by atoms with Gasteiger partial charge in [-0.3, -0.25) is 0 Å². The lowest BCUT2D eigenvalue weighted by Gasteiger charge is -2.33. The summed E-state index contributed by atoms with van der Waals surface area (Å²) in [6.45, 7) is 0. The Hall–Kier alpha value is -0.860. The van der Waals surface area contributed by atoms with Crippen LogP contribution in [-0.4, -0.2) is 0 Å². The van der Waals surface area contributed by atoms with Crippen LogP contribution in [0.15, 0.2) is 29.6 Å². The molecule has 1 aromatic heterocycles. The predicted octanol–water partition coefficient (Wildman–Crippen LogP) is 4.02. The zero-order chi connectivity index (χ0) is 11.0. The van der Waals surface area contributed by atoms with Crippen molar-refractivity contribution in [3.05, 3.63) is 35.2 Å². The van der Waals surface area contributed by atoms with Crippen molar-refractivity contribution < 1.29 is 0 Å². The number of rotatable bonds is 1. The van der Waals surface area contributed by atoms with Crippen LogP contribution in [0.5, 0.6) is 0 Å². The van der Waals surface area contributed by atoms with Crippen molar-refractivity contribution in [1.29, 1.82) is 0 Å². The molecule has 0 spiro atoms. The van der Waals surface area contributed by atoms with Crippen molar-refractivity contribution in [2.24, 2.45) is 5.73 Å². The minimum Gasteiger partial charge on any atom is -0.321 e. The lowest BCUT2D eigenvalue weighted by molar-refractivity contribution is 0.305. The van der Waals surface area contributed by atoms with Gasteiger partial charge in [0.05, 0.1) is 0 Å². The van der Waals surface area contributed by atoms with E-state index in [1.165, 1.54) is 34.9 Å². The third-order valence-corrected chi connectivity index (χ3v) is 4.73. The highest BCUT2D eigenvalue weighted by atomic mass is 32.1. The molecule has 84 valence electrons. The lowest BCUT2D eigenvalue weighted by atomic mass is 9.77. The van der Waals surface area contributed by atoms with E-state index in [-0.39, 0.29) is 5.54 Å². The van der Waals surface area contributed by atoms with Gasteiger partial charge in [0, 0.05) is 10.2 Å². The second-order valence-corrected chi connectivity index (χ2v) is 5.77. The number of hydrogen-bond acceptors (Lipinski definition) is 2. The highest BCUT2D eigenvalue weighted by Gasteiger charge is 2.31. The first-order valence-corrected chi connectivity index (χ1v) is 6.93. The molecule has 1 heterocycles. The molecule has 2 aromatic rings. The van der Waals surface area contributed by atoms with Crippen LogP contribution in [0.25, 0.3) is 10.1 Å². The van der Waals surface area contributed by atoms with Gasteiger partial charge in [-0.1, -0.05) is 37.5 Å². The maximum atomic E-state index is 6.60. The zero-order valence-electron chi connectivity index (χ0n) is 9.41. The van der Waals surface area contributed by atoms with Gasteiger partial charge in [0.15, 0.2) is 0 Å². The second kappa shape index (κ2) is 3.86. The maximum Gasteiger partial charge on any atom is 0.0424 e. The van der Waals surface area contributed by atoms with E-state index in [0.29, 0.717) is 0 Å². The number of fused-ring (bicyclic) bond motifs is 1. The van der Waals surface area contributed by atoms with E-state index in [9.17, 15) is 0 Å². The molecule has 1 fully saturated rings. The number of nitrogens with two attached hydrogens (primary N) is 1. The smallest absolute Gasteiger partial charge is 0.0424 e. The Morgan fingerprint density at radius 3 is 2.62 bits per heavy atom. The average molecular weight is 231 g/mol. The van der Waals surface area contributed by atoms with Crippen LogP contribution in [0.4, 0.5) is 0 Å². The molecule has 16 heavy (non-hydrogen) atoms. The summed E-state index contributed by atoms with van der Waals surface area (Å²) in [7, 11) is 0. The number of hydrogen-bond donors (Lipinski definition) is 1. The van der Waals surface area contributed by atoms with Crippen LogP contribution in [0.2, 0.25) is 0 Å². The first-order valence-electron chi connectivity index (χ1n) is 6.05. The van der Waals surface area contributed by atoms with Crippen molar-refractivity contribution in [2.75, 3.05) is 0 Å². The van der Waals surface area contributed by atoms with Crippen LogP contribution >= 0.6 is 11.3 Å². The molecule has 0 atom stereocenters. The van der Waals surface area contributed by atoms with Crippen molar-refractivity contribution in [1.82, 2.24) is 0 Å². The molecule has 1 aromatic carbocycles. The molecule has 1 nitrogen and oxygen atoms in total. The Balaban J connectivity index is 2.11. The van der Waals surface area contributed by atoms with Gasteiger partial charge in [0.1, 0.15) is 0 Å². The second-order valence-electron chi connectivity index (χ2n) is 4.86. The Morgan fingerprint density at radius 2 is 1.81 bits per heavy atom. The van der Waals surface area contributed by atoms with Crippen LogP contribution in [0, 0.1) is 0 Å². The fourth-order valence-corrected chi connectivity index (χ4v) is 3.88. The van der Waals surface area contributed by atoms with Crippen LogP contribution < -0.4 is 5.73 Å². The molecule has 2 N–H and O–H groups in total. The van der Waals surface area contributed by atoms with E-state index in [4.69, 9.17) is 5.73 Å². The highest BCUT2D eigenvalue weighted by molar-refractivity contribution is 7.17.